The first-order valence-electron chi connectivity index (χ1n) is 12.0. The van der Waals surface area contributed by atoms with Crippen molar-refractivity contribution < 1.29 is 19.2 Å². The van der Waals surface area contributed by atoms with Gasteiger partial charge in [0.15, 0.2) is 5.78 Å². The zero-order valence-corrected chi connectivity index (χ0v) is 19.7. The minimum absolute atomic E-state index is 0.0618. The number of nitrogens with zero attached hydrogens (tertiary/aromatic N) is 2. The zero-order valence-electron chi connectivity index (χ0n) is 19.7. The fourth-order valence-corrected chi connectivity index (χ4v) is 8.10. The molecule has 4 heterocycles. The van der Waals surface area contributed by atoms with E-state index in [9.17, 15) is 19.7 Å². The molecule has 1 aromatic rings. The number of fused-ring (bicyclic) bond motifs is 6. The van der Waals surface area contributed by atoms with Crippen LogP contribution in [0.4, 0.5) is 5.69 Å². The summed E-state index contributed by atoms with van der Waals surface area (Å²) in [7, 11) is 0. The second-order valence-corrected chi connectivity index (χ2v) is 12.0. The summed E-state index contributed by atoms with van der Waals surface area (Å²) in [5, 5.41) is 15.7. The van der Waals surface area contributed by atoms with E-state index in [0.717, 1.165) is 31.4 Å². The number of ketones is 1. The van der Waals surface area contributed by atoms with Gasteiger partial charge in [0, 0.05) is 23.3 Å². The number of Topliss-reactive ketones (excluding diaryl/α,β-unsaturated/α-hetero) is 1. The molecule has 4 atom stereocenters. The lowest BCUT2D eigenvalue weighted by Crippen LogP contribution is -2.59. The van der Waals surface area contributed by atoms with Gasteiger partial charge in [-0.15, -0.1) is 0 Å². The van der Waals surface area contributed by atoms with Crippen LogP contribution in [0.2, 0.25) is 0 Å². The molecular formula is C25H31N3O5. The van der Waals surface area contributed by atoms with Crippen LogP contribution in [0.1, 0.15) is 75.7 Å². The first-order chi connectivity index (χ1) is 15.4. The number of anilines is 1. The molecule has 0 unspecified atom stereocenters. The van der Waals surface area contributed by atoms with Crippen molar-refractivity contribution in [3.63, 3.8) is 0 Å². The van der Waals surface area contributed by atoms with Crippen LogP contribution in [-0.2, 0) is 10.2 Å². The van der Waals surface area contributed by atoms with Crippen molar-refractivity contribution in [2.24, 2.45) is 11.3 Å². The number of hydrogen-bond donors (Lipinski definition) is 1. The maximum Gasteiger partial charge on any atom is 0.239 e. The van der Waals surface area contributed by atoms with Gasteiger partial charge in [-0.25, -0.2) is 0 Å². The van der Waals surface area contributed by atoms with Crippen molar-refractivity contribution >= 4 is 17.4 Å². The zero-order chi connectivity index (χ0) is 23.6. The van der Waals surface area contributed by atoms with E-state index in [4.69, 9.17) is 4.74 Å². The van der Waals surface area contributed by atoms with Crippen molar-refractivity contribution in [1.82, 2.24) is 4.90 Å². The lowest BCUT2D eigenvalue weighted by molar-refractivity contribution is -0.584. The number of ether oxygens (including phenoxy) is 1. The summed E-state index contributed by atoms with van der Waals surface area (Å²) in [4.78, 5) is 41.9. The molecule has 0 radical (unpaired) electrons. The predicted molar refractivity (Wildman–Crippen MR) is 121 cm³/mol. The normalized spacial score (nSPS) is 37.7. The van der Waals surface area contributed by atoms with Crippen LogP contribution in [0.5, 0.6) is 5.75 Å². The van der Waals surface area contributed by atoms with E-state index in [2.05, 4.69) is 10.2 Å². The van der Waals surface area contributed by atoms with Gasteiger partial charge in [-0.2, -0.15) is 0 Å². The van der Waals surface area contributed by atoms with Crippen LogP contribution in [0.15, 0.2) is 12.1 Å². The number of piperidine rings is 1. The number of carbonyl (C=O) groups is 2. The molecule has 4 aliphatic heterocycles. The maximum absolute atomic E-state index is 13.8. The Morgan fingerprint density at radius 3 is 2.70 bits per heavy atom. The molecule has 0 aromatic heterocycles. The molecule has 1 amide bonds. The van der Waals surface area contributed by atoms with Gasteiger partial charge in [0.1, 0.15) is 11.4 Å². The summed E-state index contributed by atoms with van der Waals surface area (Å²) in [6.07, 6.45) is 3.25. The SMILES string of the molecule is CC1(C)CC(=O)c2c(ccc3c2NC(=O)[C@]32C[C@]3([N+](=O)[O-])CN4CCC[C@H]4C[C@@H]3C2(C)C)O1. The Morgan fingerprint density at radius 1 is 1.21 bits per heavy atom. The molecule has 33 heavy (non-hydrogen) atoms. The monoisotopic (exact) mass is 453 g/mol. The van der Waals surface area contributed by atoms with Crippen molar-refractivity contribution in [3.05, 3.63) is 33.4 Å². The third kappa shape index (κ3) is 2.40. The van der Waals surface area contributed by atoms with Crippen molar-refractivity contribution in [2.45, 2.75) is 82.4 Å². The number of rotatable bonds is 1. The van der Waals surface area contributed by atoms with Gasteiger partial charge in [0.05, 0.1) is 29.6 Å². The molecule has 1 N–H and O–H groups in total. The van der Waals surface area contributed by atoms with E-state index in [0.29, 0.717) is 29.6 Å². The third-order valence-corrected chi connectivity index (χ3v) is 9.54. The highest BCUT2D eigenvalue weighted by molar-refractivity contribution is 6.15. The van der Waals surface area contributed by atoms with Crippen molar-refractivity contribution in [1.29, 1.82) is 0 Å². The molecule has 3 fully saturated rings. The Hall–Kier alpha value is -2.48. The number of nitro groups is 1. The van der Waals surface area contributed by atoms with E-state index in [-0.39, 0.29) is 35.4 Å². The number of nitrogens with one attached hydrogen (secondary N) is 1. The minimum atomic E-state index is -1.18. The smallest absolute Gasteiger partial charge is 0.239 e. The fourth-order valence-electron chi connectivity index (χ4n) is 8.10. The predicted octanol–water partition coefficient (Wildman–Crippen LogP) is 3.55. The lowest BCUT2D eigenvalue weighted by atomic mass is 9.60. The average Bonchev–Trinajstić information content (AvgIpc) is 3.33. The first kappa shape index (κ1) is 21.1. The van der Waals surface area contributed by atoms with E-state index in [1.54, 1.807) is 6.07 Å². The maximum atomic E-state index is 13.8. The Labute approximate surface area is 193 Å². The van der Waals surface area contributed by atoms with E-state index < -0.39 is 22.0 Å². The average molecular weight is 454 g/mol. The van der Waals surface area contributed by atoms with Crippen LogP contribution in [0.25, 0.3) is 0 Å². The van der Waals surface area contributed by atoms with E-state index in [1.165, 1.54) is 0 Å². The number of carbonyl (C=O) groups excluding carboxylic acids is 2. The molecule has 1 spiro atoms. The van der Waals surface area contributed by atoms with Crippen molar-refractivity contribution in [2.75, 3.05) is 18.4 Å². The van der Waals surface area contributed by atoms with E-state index >= 15 is 0 Å². The van der Waals surface area contributed by atoms with Gasteiger partial charge in [0.25, 0.3) is 0 Å². The fraction of sp³-hybridized carbons (Fsp3) is 0.680. The summed E-state index contributed by atoms with van der Waals surface area (Å²) in [5.74, 6) is -0.0270. The standard InChI is InChI=1S/C25H31N3O5/c1-22(2)11-16(29)19-17(33-22)8-7-15-20(19)26-21(30)25(15)12-24(28(31)32)13-27-9-5-6-14(27)10-18(24)23(25,3)4/h7-8,14,18H,5-6,9-13H2,1-4H3,(H,26,30)/t14-,18+,24-,25-/m0/s1. The minimum Gasteiger partial charge on any atom is -0.487 e. The summed E-state index contributed by atoms with van der Waals surface area (Å²) in [6, 6.07) is 4.00. The molecule has 1 aromatic carbocycles. The summed E-state index contributed by atoms with van der Waals surface area (Å²) in [6.45, 7) is 9.09. The Morgan fingerprint density at radius 2 is 1.97 bits per heavy atom. The van der Waals surface area contributed by atoms with Gasteiger partial charge in [-0.05, 0) is 56.7 Å². The van der Waals surface area contributed by atoms with Crippen LogP contribution in [0.3, 0.4) is 0 Å². The van der Waals surface area contributed by atoms with Crippen LogP contribution < -0.4 is 10.1 Å². The quantitative estimate of drug-likeness (QED) is 0.515. The van der Waals surface area contributed by atoms with Gasteiger partial charge < -0.3 is 10.1 Å². The Kier molecular flexibility index (Phi) is 3.92. The third-order valence-electron chi connectivity index (χ3n) is 9.54. The molecular weight excluding hydrogens is 422 g/mol. The Balaban J connectivity index is 1.54. The van der Waals surface area contributed by atoms with E-state index in [1.807, 2.05) is 33.8 Å². The number of benzene rings is 1. The van der Waals surface area contributed by atoms with Crippen LogP contribution >= 0.6 is 0 Å². The molecule has 1 aliphatic carbocycles. The summed E-state index contributed by atoms with van der Waals surface area (Å²) < 4.78 is 6.07. The summed E-state index contributed by atoms with van der Waals surface area (Å²) >= 11 is 0. The molecule has 8 nitrogen and oxygen atoms in total. The van der Waals surface area contributed by atoms with Gasteiger partial charge in [-0.3, -0.25) is 24.6 Å². The molecule has 6 rings (SSSR count). The first-order valence-corrected chi connectivity index (χ1v) is 12.0. The van der Waals surface area contributed by atoms with Crippen LogP contribution in [-0.4, -0.2) is 51.8 Å². The highest BCUT2D eigenvalue weighted by Crippen LogP contribution is 2.68. The second kappa shape index (κ2) is 6.14. The molecule has 5 aliphatic rings. The highest BCUT2D eigenvalue weighted by Gasteiger charge is 2.78. The van der Waals surface area contributed by atoms with Crippen LogP contribution in [0, 0.1) is 21.4 Å². The lowest BCUT2D eigenvalue weighted by Gasteiger charge is -2.45. The van der Waals surface area contributed by atoms with Gasteiger partial charge in [-0.1, -0.05) is 19.9 Å². The number of amides is 1. The summed E-state index contributed by atoms with van der Waals surface area (Å²) in [5.41, 5.74) is -1.84. The Bertz CT molecular complexity index is 1130. The topological polar surface area (TPSA) is 102 Å². The van der Waals surface area contributed by atoms with Gasteiger partial charge >= 0.3 is 0 Å². The molecule has 176 valence electrons. The van der Waals surface area contributed by atoms with Crippen molar-refractivity contribution in [3.8, 4) is 5.75 Å². The molecule has 2 saturated heterocycles. The largest absolute Gasteiger partial charge is 0.487 e. The molecule has 0 bridgehead atoms. The number of hydrogen-bond acceptors (Lipinski definition) is 6. The van der Waals surface area contributed by atoms with Gasteiger partial charge in [0.2, 0.25) is 11.4 Å². The molecule has 8 heteroatoms. The molecule has 1 saturated carbocycles. The highest BCUT2D eigenvalue weighted by atomic mass is 16.6. The second-order valence-electron chi connectivity index (χ2n) is 12.0.